The van der Waals surface area contributed by atoms with Gasteiger partial charge in [-0.15, -0.1) is 0 Å². The highest BCUT2D eigenvalue weighted by atomic mass is 16.6. The van der Waals surface area contributed by atoms with Crippen LogP contribution in [0.25, 0.3) is 10.9 Å². The molecule has 4 nitrogen and oxygen atoms in total. The molecule has 1 N–H and O–H groups in total. The van der Waals surface area contributed by atoms with Gasteiger partial charge in [-0.05, 0) is 12.1 Å². The highest BCUT2D eigenvalue weighted by Crippen LogP contribution is 2.10. The summed E-state index contributed by atoms with van der Waals surface area (Å²) in [5.41, 5.74) is 1.66. The quantitative estimate of drug-likeness (QED) is 0.479. The van der Waals surface area contributed by atoms with Gasteiger partial charge in [0.25, 0.3) is 0 Å². The third-order valence-electron chi connectivity index (χ3n) is 2.06. The van der Waals surface area contributed by atoms with Crippen molar-refractivity contribution in [3.63, 3.8) is 0 Å². The second kappa shape index (κ2) is 5.23. The van der Waals surface area contributed by atoms with Gasteiger partial charge in [0.05, 0.1) is 24.0 Å². The first kappa shape index (κ1) is 10.6. The fraction of sp³-hybridized carbons (Fsp3) is 0.167. The Labute approximate surface area is 93.2 Å². The van der Waals surface area contributed by atoms with Gasteiger partial charge in [-0.3, -0.25) is 0 Å². The molecule has 0 saturated heterocycles. The summed E-state index contributed by atoms with van der Waals surface area (Å²) in [5.74, 6) is 0. The number of para-hydroxylation sites is 1. The molecule has 82 valence electrons. The van der Waals surface area contributed by atoms with E-state index in [0.717, 1.165) is 16.6 Å². The van der Waals surface area contributed by atoms with E-state index in [-0.39, 0.29) is 13.2 Å². The first-order valence-electron chi connectivity index (χ1n) is 5.02. The Bertz CT molecular complexity index is 497. The number of aromatic nitrogens is 1. The number of hydrogen-bond acceptors (Lipinski definition) is 4. The summed E-state index contributed by atoms with van der Waals surface area (Å²) >= 11 is 0. The van der Waals surface area contributed by atoms with Crippen LogP contribution in [-0.4, -0.2) is 29.5 Å². The second-order valence-electron chi connectivity index (χ2n) is 3.22. The molecule has 0 atom stereocenters. The van der Waals surface area contributed by atoms with Gasteiger partial charge in [-0.25, -0.2) is 4.98 Å². The Morgan fingerprint density at radius 2 is 2.12 bits per heavy atom. The molecule has 2 rings (SSSR count). The molecular formula is C12H12N2O2. The highest BCUT2D eigenvalue weighted by molar-refractivity contribution is 5.84. The molecule has 16 heavy (non-hydrogen) atoms. The van der Waals surface area contributed by atoms with Crippen LogP contribution in [0.15, 0.2) is 41.6 Å². The van der Waals surface area contributed by atoms with E-state index >= 15 is 0 Å². The molecule has 1 heterocycles. The monoisotopic (exact) mass is 216 g/mol. The first-order valence-corrected chi connectivity index (χ1v) is 5.02. The van der Waals surface area contributed by atoms with Crippen molar-refractivity contribution in [1.29, 1.82) is 0 Å². The summed E-state index contributed by atoms with van der Waals surface area (Å²) in [6.07, 6.45) is 1.53. The van der Waals surface area contributed by atoms with Crippen LogP contribution >= 0.6 is 0 Å². The molecule has 0 aliphatic rings. The maximum absolute atomic E-state index is 8.49. The van der Waals surface area contributed by atoms with Crippen LogP contribution in [0.1, 0.15) is 5.69 Å². The number of benzene rings is 1. The minimum atomic E-state index is -0.0392. The van der Waals surface area contributed by atoms with E-state index in [1.54, 1.807) is 0 Å². The van der Waals surface area contributed by atoms with Crippen LogP contribution in [0.3, 0.4) is 0 Å². The molecule has 4 heteroatoms. The number of hydrogen-bond donors (Lipinski definition) is 1. The molecule has 0 radical (unpaired) electrons. The van der Waals surface area contributed by atoms with Crippen molar-refractivity contribution in [3.8, 4) is 0 Å². The first-order chi connectivity index (χ1) is 7.90. The average Bonchev–Trinajstić information content (AvgIpc) is 2.34. The molecule has 0 fully saturated rings. The van der Waals surface area contributed by atoms with Crippen molar-refractivity contribution >= 4 is 17.1 Å². The third-order valence-corrected chi connectivity index (χ3v) is 2.06. The summed E-state index contributed by atoms with van der Waals surface area (Å²) in [6, 6.07) is 11.7. The lowest BCUT2D eigenvalue weighted by Crippen LogP contribution is -1.94. The standard InChI is InChI=1S/C12H12N2O2/c15-7-8-16-13-9-11-6-5-10-3-1-2-4-12(10)14-11/h1-6,9,15H,7-8H2. The van der Waals surface area contributed by atoms with Crippen LogP contribution < -0.4 is 0 Å². The Morgan fingerprint density at radius 3 is 3.00 bits per heavy atom. The number of rotatable bonds is 4. The zero-order valence-electron chi connectivity index (χ0n) is 8.71. The van der Waals surface area contributed by atoms with Crippen molar-refractivity contribution in [2.24, 2.45) is 5.16 Å². The van der Waals surface area contributed by atoms with Crippen molar-refractivity contribution in [2.45, 2.75) is 0 Å². The van der Waals surface area contributed by atoms with Gasteiger partial charge in [-0.2, -0.15) is 0 Å². The number of fused-ring (bicyclic) bond motifs is 1. The molecule has 1 aromatic carbocycles. The molecule has 0 bridgehead atoms. The third kappa shape index (κ3) is 2.55. The van der Waals surface area contributed by atoms with E-state index in [2.05, 4.69) is 10.1 Å². The van der Waals surface area contributed by atoms with E-state index in [9.17, 15) is 0 Å². The Balaban J connectivity index is 2.16. The van der Waals surface area contributed by atoms with Crippen molar-refractivity contribution < 1.29 is 9.94 Å². The molecular weight excluding hydrogens is 204 g/mol. The van der Waals surface area contributed by atoms with Crippen LogP contribution in [0.5, 0.6) is 0 Å². The van der Waals surface area contributed by atoms with E-state index in [1.807, 2.05) is 36.4 Å². The number of aliphatic hydroxyl groups is 1. The van der Waals surface area contributed by atoms with Crippen LogP contribution in [-0.2, 0) is 4.84 Å². The Morgan fingerprint density at radius 1 is 1.25 bits per heavy atom. The summed E-state index contributed by atoms with van der Waals surface area (Å²) < 4.78 is 0. The summed E-state index contributed by atoms with van der Waals surface area (Å²) in [5, 5.41) is 13.3. The van der Waals surface area contributed by atoms with Crippen molar-refractivity contribution in [2.75, 3.05) is 13.2 Å². The molecule has 1 aromatic heterocycles. The maximum Gasteiger partial charge on any atom is 0.140 e. The zero-order valence-corrected chi connectivity index (χ0v) is 8.71. The predicted octanol–water partition coefficient (Wildman–Crippen LogP) is 1.58. The normalized spacial score (nSPS) is 11.1. The lowest BCUT2D eigenvalue weighted by atomic mass is 10.2. The molecule has 0 spiro atoms. The zero-order chi connectivity index (χ0) is 11.2. The number of oxime groups is 1. The van der Waals surface area contributed by atoms with Crippen LogP contribution in [0, 0.1) is 0 Å². The Kier molecular flexibility index (Phi) is 3.46. The van der Waals surface area contributed by atoms with Crippen LogP contribution in [0.4, 0.5) is 0 Å². The van der Waals surface area contributed by atoms with Gasteiger partial charge in [0, 0.05) is 5.39 Å². The van der Waals surface area contributed by atoms with E-state index in [0.29, 0.717) is 0 Å². The van der Waals surface area contributed by atoms with Gasteiger partial charge in [-0.1, -0.05) is 29.4 Å². The molecule has 0 aliphatic carbocycles. The van der Waals surface area contributed by atoms with Gasteiger partial charge in [0.15, 0.2) is 0 Å². The molecule has 0 aliphatic heterocycles. The fourth-order valence-corrected chi connectivity index (χ4v) is 1.34. The van der Waals surface area contributed by atoms with Crippen molar-refractivity contribution in [1.82, 2.24) is 4.98 Å². The lowest BCUT2D eigenvalue weighted by molar-refractivity contribution is 0.0997. The topological polar surface area (TPSA) is 54.7 Å². The lowest BCUT2D eigenvalue weighted by Gasteiger charge is -1.98. The van der Waals surface area contributed by atoms with Gasteiger partial charge in [0.2, 0.25) is 0 Å². The highest BCUT2D eigenvalue weighted by Gasteiger charge is 1.94. The minimum absolute atomic E-state index is 0.0392. The van der Waals surface area contributed by atoms with E-state index < -0.39 is 0 Å². The van der Waals surface area contributed by atoms with Gasteiger partial charge >= 0.3 is 0 Å². The largest absolute Gasteiger partial charge is 0.393 e. The number of pyridine rings is 1. The average molecular weight is 216 g/mol. The molecule has 0 amide bonds. The minimum Gasteiger partial charge on any atom is -0.393 e. The smallest absolute Gasteiger partial charge is 0.140 e. The molecule has 0 saturated carbocycles. The van der Waals surface area contributed by atoms with Gasteiger partial charge < -0.3 is 9.94 Å². The number of nitrogens with zero attached hydrogens (tertiary/aromatic N) is 2. The van der Waals surface area contributed by atoms with E-state index in [4.69, 9.17) is 9.94 Å². The Hall–Kier alpha value is -1.94. The summed E-state index contributed by atoms with van der Waals surface area (Å²) in [4.78, 5) is 9.16. The summed E-state index contributed by atoms with van der Waals surface area (Å²) in [7, 11) is 0. The summed E-state index contributed by atoms with van der Waals surface area (Å²) in [6.45, 7) is 0.159. The SMILES string of the molecule is OCCON=Cc1ccc2ccccc2n1. The van der Waals surface area contributed by atoms with E-state index in [1.165, 1.54) is 6.21 Å². The van der Waals surface area contributed by atoms with Gasteiger partial charge in [0.1, 0.15) is 6.61 Å². The van der Waals surface area contributed by atoms with Crippen molar-refractivity contribution in [3.05, 3.63) is 42.1 Å². The van der Waals surface area contributed by atoms with Crippen LogP contribution in [0.2, 0.25) is 0 Å². The molecule has 2 aromatic rings. The fourth-order valence-electron chi connectivity index (χ4n) is 1.34. The number of aliphatic hydroxyl groups excluding tert-OH is 1. The predicted molar refractivity (Wildman–Crippen MR) is 62.4 cm³/mol. The maximum atomic E-state index is 8.49. The molecule has 0 unspecified atom stereocenters. The second-order valence-corrected chi connectivity index (χ2v) is 3.22.